The van der Waals surface area contributed by atoms with Crippen molar-refractivity contribution in [3.05, 3.63) is 71.0 Å². The lowest BCUT2D eigenvalue weighted by atomic mass is 10.1. The van der Waals surface area contributed by atoms with Crippen molar-refractivity contribution in [2.24, 2.45) is 0 Å². The zero-order valence-electron chi connectivity index (χ0n) is 16.9. The molecule has 0 saturated heterocycles. The first-order valence-corrected chi connectivity index (χ1v) is 9.62. The van der Waals surface area contributed by atoms with Crippen LogP contribution in [0.25, 0.3) is 11.0 Å². The van der Waals surface area contributed by atoms with Crippen LogP contribution < -0.4 is 5.32 Å². The lowest BCUT2D eigenvalue weighted by molar-refractivity contribution is -0.129. The topological polar surface area (TPSA) is 77.8 Å². The fraction of sp³-hybridized carbons (Fsp3) is 0.304. The summed E-state index contributed by atoms with van der Waals surface area (Å²) in [5, 5.41) is 3.57. The number of benzene rings is 2. The van der Waals surface area contributed by atoms with Crippen molar-refractivity contribution in [2.45, 2.75) is 40.0 Å². The first kappa shape index (κ1) is 20.6. The second-order valence-corrected chi connectivity index (χ2v) is 6.79. The number of ether oxygens (including phenoxy) is 2. The number of rotatable bonds is 8. The standard InChI is InChI=1S/C23H25NO5/c1-4-27-14-19-18-7-5-6-8-20(18)29-21(19)23(26)28-16(3)22(25)24-13-17-11-9-15(2)10-12-17/h5-12,16H,4,13-14H2,1-3H3,(H,24,25)/t16-/m0/s1. The number of furan rings is 1. The first-order valence-electron chi connectivity index (χ1n) is 9.62. The second-order valence-electron chi connectivity index (χ2n) is 6.79. The summed E-state index contributed by atoms with van der Waals surface area (Å²) in [6.45, 7) is 6.51. The summed E-state index contributed by atoms with van der Waals surface area (Å²) in [6.07, 6.45) is -0.957. The molecule has 0 unspecified atom stereocenters. The third-order valence-electron chi connectivity index (χ3n) is 4.57. The maximum atomic E-state index is 12.7. The Morgan fingerprint density at radius 2 is 1.83 bits per heavy atom. The molecular weight excluding hydrogens is 370 g/mol. The van der Waals surface area contributed by atoms with Crippen LogP contribution in [-0.4, -0.2) is 24.6 Å². The summed E-state index contributed by atoms with van der Waals surface area (Å²) in [6, 6.07) is 15.2. The van der Waals surface area contributed by atoms with Gasteiger partial charge in [0.2, 0.25) is 5.76 Å². The summed E-state index contributed by atoms with van der Waals surface area (Å²) in [4.78, 5) is 25.0. The number of para-hydroxylation sites is 1. The van der Waals surface area contributed by atoms with Crippen LogP contribution in [-0.2, 0) is 27.4 Å². The maximum Gasteiger partial charge on any atom is 0.375 e. The average molecular weight is 395 g/mol. The summed E-state index contributed by atoms with van der Waals surface area (Å²) >= 11 is 0. The van der Waals surface area contributed by atoms with Gasteiger partial charge in [-0.2, -0.15) is 0 Å². The van der Waals surface area contributed by atoms with Gasteiger partial charge in [0.1, 0.15) is 5.58 Å². The van der Waals surface area contributed by atoms with Crippen molar-refractivity contribution < 1.29 is 23.5 Å². The van der Waals surface area contributed by atoms with Crippen molar-refractivity contribution in [3.8, 4) is 0 Å². The first-order chi connectivity index (χ1) is 14.0. The van der Waals surface area contributed by atoms with Gasteiger partial charge in [-0.1, -0.05) is 48.0 Å². The van der Waals surface area contributed by atoms with E-state index in [0.29, 0.717) is 24.3 Å². The SMILES string of the molecule is CCOCc1c(C(=O)O[C@@H](C)C(=O)NCc2ccc(C)cc2)oc2ccccc12. The molecule has 0 fully saturated rings. The van der Waals surface area contributed by atoms with E-state index in [9.17, 15) is 9.59 Å². The molecule has 6 nitrogen and oxygen atoms in total. The minimum atomic E-state index is -0.957. The number of hydrogen-bond donors (Lipinski definition) is 1. The summed E-state index contributed by atoms with van der Waals surface area (Å²) in [5.41, 5.74) is 3.32. The van der Waals surface area contributed by atoms with Gasteiger partial charge in [0.25, 0.3) is 5.91 Å². The largest absolute Gasteiger partial charge is 0.449 e. The lowest BCUT2D eigenvalue weighted by Crippen LogP contribution is -2.35. The van der Waals surface area contributed by atoms with Crippen LogP contribution in [0.2, 0.25) is 0 Å². The second kappa shape index (κ2) is 9.39. The fourth-order valence-electron chi connectivity index (χ4n) is 2.92. The van der Waals surface area contributed by atoms with Gasteiger partial charge in [-0.3, -0.25) is 4.79 Å². The number of esters is 1. The monoisotopic (exact) mass is 395 g/mol. The molecule has 3 rings (SSSR count). The number of carbonyl (C=O) groups is 2. The Kier molecular flexibility index (Phi) is 6.67. The zero-order chi connectivity index (χ0) is 20.8. The fourth-order valence-corrected chi connectivity index (χ4v) is 2.92. The molecule has 0 aliphatic rings. The molecule has 1 atom stereocenters. The van der Waals surface area contributed by atoms with E-state index < -0.39 is 12.1 Å². The molecule has 0 bridgehead atoms. The Morgan fingerprint density at radius 3 is 2.55 bits per heavy atom. The van der Waals surface area contributed by atoms with Crippen LogP contribution in [0.3, 0.4) is 0 Å². The molecule has 2 aromatic carbocycles. The lowest BCUT2D eigenvalue weighted by Gasteiger charge is -2.13. The average Bonchev–Trinajstić information content (AvgIpc) is 3.10. The summed E-state index contributed by atoms with van der Waals surface area (Å²) in [5.74, 6) is -0.992. The number of fused-ring (bicyclic) bond motifs is 1. The Balaban J connectivity index is 1.67. The molecule has 152 valence electrons. The molecule has 1 amide bonds. The van der Waals surface area contributed by atoms with Gasteiger partial charge in [0.15, 0.2) is 6.10 Å². The minimum absolute atomic E-state index is 0.0674. The smallest absolute Gasteiger partial charge is 0.375 e. The highest BCUT2D eigenvalue weighted by Gasteiger charge is 2.25. The molecule has 0 aliphatic carbocycles. The van der Waals surface area contributed by atoms with Gasteiger partial charge >= 0.3 is 5.97 Å². The highest BCUT2D eigenvalue weighted by molar-refractivity contribution is 5.97. The third-order valence-corrected chi connectivity index (χ3v) is 4.57. The molecule has 0 saturated carbocycles. The molecule has 29 heavy (non-hydrogen) atoms. The van der Waals surface area contributed by atoms with E-state index in [1.807, 2.05) is 56.3 Å². The van der Waals surface area contributed by atoms with Crippen LogP contribution in [0.15, 0.2) is 52.9 Å². The molecular formula is C23H25NO5. The van der Waals surface area contributed by atoms with Gasteiger partial charge in [-0.15, -0.1) is 0 Å². The predicted octanol–water partition coefficient (Wildman–Crippen LogP) is 4.14. The van der Waals surface area contributed by atoms with Gasteiger partial charge in [0, 0.05) is 24.1 Å². The normalized spacial score (nSPS) is 12.0. The van der Waals surface area contributed by atoms with E-state index in [2.05, 4.69) is 5.32 Å². The van der Waals surface area contributed by atoms with E-state index in [1.165, 1.54) is 6.92 Å². The van der Waals surface area contributed by atoms with Crippen LogP contribution in [0.4, 0.5) is 0 Å². The van der Waals surface area contributed by atoms with Gasteiger partial charge in [0.05, 0.1) is 6.61 Å². The van der Waals surface area contributed by atoms with E-state index >= 15 is 0 Å². The molecule has 1 N–H and O–H groups in total. The molecule has 0 aliphatic heterocycles. The number of aryl methyl sites for hydroxylation is 1. The Labute approximate surface area is 169 Å². The molecule has 6 heteroatoms. The van der Waals surface area contributed by atoms with Crippen LogP contribution in [0, 0.1) is 6.92 Å². The van der Waals surface area contributed by atoms with Crippen molar-refractivity contribution in [3.63, 3.8) is 0 Å². The van der Waals surface area contributed by atoms with Gasteiger partial charge < -0.3 is 19.2 Å². The molecule has 0 radical (unpaired) electrons. The summed E-state index contributed by atoms with van der Waals surface area (Å²) < 4.78 is 16.5. The number of amides is 1. The van der Waals surface area contributed by atoms with E-state index in [0.717, 1.165) is 16.5 Å². The minimum Gasteiger partial charge on any atom is -0.449 e. The highest BCUT2D eigenvalue weighted by Crippen LogP contribution is 2.27. The Bertz CT molecular complexity index is 990. The number of hydrogen-bond acceptors (Lipinski definition) is 5. The Hall–Kier alpha value is -3.12. The number of nitrogens with one attached hydrogen (secondary N) is 1. The van der Waals surface area contributed by atoms with Crippen molar-refractivity contribution in [2.75, 3.05) is 6.61 Å². The molecule has 0 spiro atoms. The van der Waals surface area contributed by atoms with Crippen LogP contribution in [0.5, 0.6) is 0 Å². The highest BCUT2D eigenvalue weighted by atomic mass is 16.6. The quantitative estimate of drug-likeness (QED) is 0.580. The number of carbonyl (C=O) groups excluding carboxylic acids is 2. The van der Waals surface area contributed by atoms with Crippen LogP contribution >= 0.6 is 0 Å². The molecule has 1 aromatic heterocycles. The Morgan fingerprint density at radius 1 is 1.10 bits per heavy atom. The zero-order valence-corrected chi connectivity index (χ0v) is 16.9. The van der Waals surface area contributed by atoms with Gasteiger partial charge in [-0.05, 0) is 32.4 Å². The molecule has 1 heterocycles. The molecule has 3 aromatic rings. The third kappa shape index (κ3) is 5.03. The van der Waals surface area contributed by atoms with Gasteiger partial charge in [-0.25, -0.2) is 4.79 Å². The van der Waals surface area contributed by atoms with E-state index in [4.69, 9.17) is 13.9 Å². The van der Waals surface area contributed by atoms with Crippen LogP contribution in [0.1, 0.15) is 41.1 Å². The van der Waals surface area contributed by atoms with E-state index in [-0.39, 0.29) is 18.3 Å². The summed E-state index contributed by atoms with van der Waals surface area (Å²) in [7, 11) is 0. The van der Waals surface area contributed by atoms with E-state index in [1.54, 1.807) is 6.07 Å². The van der Waals surface area contributed by atoms with Crippen molar-refractivity contribution in [1.82, 2.24) is 5.32 Å². The van der Waals surface area contributed by atoms with Crippen molar-refractivity contribution >= 4 is 22.8 Å². The predicted molar refractivity (Wildman–Crippen MR) is 109 cm³/mol. The van der Waals surface area contributed by atoms with Crippen molar-refractivity contribution in [1.29, 1.82) is 0 Å². The maximum absolute atomic E-state index is 12.7.